The minimum absolute atomic E-state index is 0.0114. The molecule has 0 atom stereocenters. The Balaban J connectivity index is 3.44. The first-order valence-electron chi connectivity index (χ1n) is 2.68. The van der Waals surface area contributed by atoms with Gasteiger partial charge in [-0.1, -0.05) is 13.8 Å². The molecule has 0 heterocycles. The Morgan fingerprint density at radius 2 is 2.22 bits per heavy atom. The van der Waals surface area contributed by atoms with Crippen LogP contribution in [0.5, 0.6) is 0 Å². The van der Waals surface area contributed by atoms with Gasteiger partial charge in [0.25, 0.3) is 0 Å². The Bertz CT molecular complexity index is 92.2. The lowest BCUT2D eigenvalue weighted by atomic mass is 9.97. The smallest absolute Gasteiger partial charge is 0.155 e. The van der Waals surface area contributed by atoms with E-state index < -0.39 is 0 Å². The molecule has 0 spiro atoms. The molecule has 0 aliphatic carbocycles. The van der Waals surface area contributed by atoms with E-state index in [0.717, 1.165) is 0 Å². The maximum absolute atomic E-state index is 9.41. The first-order chi connectivity index (χ1) is 4.12. The minimum atomic E-state index is -0.367. The van der Waals surface area contributed by atoms with Crippen LogP contribution in [0.25, 0.3) is 0 Å². The highest BCUT2D eigenvalue weighted by Gasteiger charge is 2.17. The fourth-order valence-electron chi connectivity index (χ4n) is 0.247. The van der Waals surface area contributed by atoms with Gasteiger partial charge in [-0.15, -0.1) is 4.91 Å². The highest BCUT2D eigenvalue weighted by molar-refractivity contribution is 4.64. The fraction of sp³-hybridized carbons (Fsp3) is 1.00. The van der Waals surface area contributed by atoms with Crippen molar-refractivity contribution in [2.24, 2.45) is 10.8 Å². The molecule has 0 bridgehead atoms. The third-order valence-corrected chi connectivity index (χ3v) is 0.936. The average Bonchev–Trinajstić information content (AvgIpc) is 1.84. The molecule has 54 valence electrons. The van der Waals surface area contributed by atoms with E-state index in [1.54, 1.807) is 13.8 Å². The van der Waals surface area contributed by atoms with E-state index in [9.17, 15) is 4.91 Å². The van der Waals surface area contributed by atoms with Crippen LogP contribution in [0.1, 0.15) is 13.8 Å². The van der Waals surface area contributed by atoms with Gasteiger partial charge in [-0.2, -0.15) is 0 Å². The molecule has 0 radical (unpaired) electrons. The molecule has 0 aliphatic rings. The van der Waals surface area contributed by atoms with E-state index in [0.29, 0.717) is 0 Å². The molecule has 1 N–H and O–H groups in total. The molecule has 0 saturated carbocycles. The minimum Gasteiger partial charge on any atom is -0.396 e. The first-order valence-corrected chi connectivity index (χ1v) is 2.68. The quantitative estimate of drug-likeness (QED) is 0.453. The van der Waals surface area contributed by atoms with E-state index in [-0.39, 0.29) is 18.6 Å². The van der Waals surface area contributed by atoms with Crippen molar-refractivity contribution in [3.8, 4) is 0 Å². The van der Waals surface area contributed by atoms with Crippen molar-refractivity contribution in [2.75, 3.05) is 13.2 Å². The van der Waals surface area contributed by atoms with Crippen molar-refractivity contribution < 1.29 is 9.94 Å². The SMILES string of the molecule is CC(C)(CO)CON=O. The standard InChI is InChI=1S/C5H11NO3/c1-5(2,3-7)4-9-6-8/h7H,3-4H2,1-2H3. The molecule has 0 fully saturated rings. The molecular weight excluding hydrogens is 122 g/mol. The topological polar surface area (TPSA) is 58.9 Å². The molecule has 9 heavy (non-hydrogen) atoms. The molecule has 0 aromatic carbocycles. The Morgan fingerprint density at radius 1 is 1.67 bits per heavy atom. The van der Waals surface area contributed by atoms with Crippen LogP contribution in [0, 0.1) is 10.3 Å². The van der Waals surface area contributed by atoms with Crippen LogP contribution in [0.15, 0.2) is 5.34 Å². The maximum atomic E-state index is 9.41. The Morgan fingerprint density at radius 3 is 2.56 bits per heavy atom. The lowest BCUT2D eigenvalue weighted by Gasteiger charge is -2.17. The zero-order valence-corrected chi connectivity index (χ0v) is 5.63. The Labute approximate surface area is 53.8 Å². The van der Waals surface area contributed by atoms with Gasteiger partial charge in [0.05, 0.1) is 6.61 Å². The number of hydrogen-bond donors (Lipinski definition) is 1. The highest BCUT2D eigenvalue weighted by atomic mass is 16.7. The summed E-state index contributed by atoms with van der Waals surface area (Å²) in [7, 11) is 0. The van der Waals surface area contributed by atoms with Gasteiger partial charge in [-0.05, 0) is 0 Å². The van der Waals surface area contributed by atoms with Crippen LogP contribution in [0.2, 0.25) is 0 Å². The second-order valence-electron chi connectivity index (χ2n) is 2.67. The van der Waals surface area contributed by atoms with Crippen LogP contribution in [-0.4, -0.2) is 18.3 Å². The summed E-state index contributed by atoms with van der Waals surface area (Å²) < 4.78 is 0. The molecule has 0 amide bonds. The monoisotopic (exact) mass is 133 g/mol. The second kappa shape index (κ2) is 3.40. The van der Waals surface area contributed by atoms with Crippen LogP contribution in [0.4, 0.5) is 0 Å². The first kappa shape index (κ1) is 8.36. The molecule has 0 rings (SSSR count). The van der Waals surface area contributed by atoms with E-state index in [1.165, 1.54) is 0 Å². The molecule has 0 saturated heterocycles. The predicted molar refractivity (Wildman–Crippen MR) is 32.6 cm³/mol. The molecule has 0 aliphatic heterocycles. The van der Waals surface area contributed by atoms with Crippen molar-refractivity contribution in [3.63, 3.8) is 0 Å². The number of aliphatic hydroxyl groups is 1. The van der Waals surface area contributed by atoms with E-state index in [2.05, 4.69) is 10.2 Å². The Hall–Kier alpha value is -0.640. The number of hydrogen-bond acceptors (Lipinski definition) is 4. The summed E-state index contributed by atoms with van der Waals surface area (Å²) in [6.07, 6.45) is 0. The third kappa shape index (κ3) is 3.90. The van der Waals surface area contributed by atoms with Crippen LogP contribution in [0.3, 0.4) is 0 Å². The summed E-state index contributed by atoms with van der Waals surface area (Å²) >= 11 is 0. The van der Waals surface area contributed by atoms with Crippen molar-refractivity contribution in [1.29, 1.82) is 0 Å². The summed E-state index contributed by atoms with van der Waals surface area (Å²) in [5, 5.41) is 10.8. The van der Waals surface area contributed by atoms with Gasteiger partial charge >= 0.3 is 0 Å². The van der Waals surface area contributed by atoms with E-state index >= 15 is 0 Å². The van der Waals surface area contributed by atoms with E-state index in [1.807, 2.05) is 0 Å². The average molecular weight is 133 g/mol. The maximum Gasteiger partial charge on any atom is 0.155 e. The lowest BCUT2D eigenvalue weighted by Crippen LogP contribution is -2.22. The summed E-state index contributed by atoms with van der Waals surface area (Å²) in [5.41, 5.74) is -0.367. The molecule has 0 unspecified atom stereocenters. The van der Waals surface area contributed by atoms with Gasteiger partial charge < -0.3 is 9.94 Å². The number of nitrogens with zero attached hydrogens (tertiary/aromatic N) is 1. The van der Waals surface area contributed by atoms with E-state index in [4.69, 9.17) is 5.11 Å². The summed E-state index contributed by atoms with van der Waals surface area (Å²) in [4.78, 5) is 13.6. The third-order valence-electron chi connectivity index (χ3n) is 0.936. The van der Waals surface area contributed by atoms with Crippen LogP contribution < -0.4 is 0 Å². The van der Waals surface area contributed by atoms with Crippen molar-refractivity contribution >= 4 is 0 Å². The lowest BCUT2D eigenvalue weighted by molar-refractivity contribution is 0.0289. The van der Waals surface area contributed by atoms with Gasteiger partial charge in [0, 0.05) is 5.41 Å². The van der Waals surface area contributed by atoms with Gasteiger partial charge in [0.1, 0.15) is 6.61 Å². The Kier molecular flexibility index (Phi) is 3.16. The number of rotatable bonds is 4. The summed E-state index contributed by atoms with van der Waals surface area (Å²) in [6, 6.07) is 0. The molecule has 4 heteroatoms. The zero-order valence-electron chi connectivity index (χ0n) is 5.63. The predicted octanol–water partition coefficient (Wildman–Crippen LogP) is 0.703. The molecule has 4 nitrogen and oxygen atoms in total. The van der Waals surface area contributed by atoms with Gasteiger partial charge in [0.2, 0.25) is 0 Å². The van der Waals surface area contributed by atoms with Gasteiger partial charge in [0.15, 0.2) is 5.34 Å². The van der Waals surface area contributed by atoms with Crippen LogP contribution in [-0.2, 0) is 4.84 Å². The van der Waals surface area contributed by atoms with Gasteiger partial charge in [-0.25, -0.2) is 0 Å². The fourth-order valence-corrected chi connectivity index (χ4v) is 0.247. The molecular formula is C5H11NO3. The normalized spacial score (nSPS) is 11.0. The highest BCUT2D eigenvalue weighted by Crippen LogP contribution is 2.13. The molecule has 0 aromatic heterocycles. The zero-order chi connectivity index (χ0) is 7.33. The van der Waals surface area contributed by atoms with Crippen LogP contribution >= 0.6 is 0 Å². The van der Waals surface area contributed by atoms with Gasteiger partial charge in [-0.3, -0.25) is 0 Å². The molecule has 0 aromatic rings. The summed E-state index contributed by atoms with van der Waals surface area (Å²) in [6.45, 7) is 3.70. The van der Waals surface area contributed by atoms with Crippen molar-refractivity contribution in [1.82, 2.24) is 0 Å². The van der Waals surface area contributed by atoms with Crippen molar-refractivity contribution in [2.45, 2.75) is 13.8 Å². The number of aliphatic hydroxyl groups excluding tert-OH is 1. The second-order valence-corrected chi connectivity index (χ2v) is 2.67. The largest absolute Gasteiger partial charge is 0.396 e. The summed E-state index contributed by atoms with van der Waals surface area (Å²) in [5.74, 6) is 0. The van der Waals surface area contributed by atoms with Crippen molar-refractivity contribution in [3.05, 3.63) is 4.91 Å².